The van der Waals surface area contributed by atoms with Gasteiger partial charge in [-0.05, 0) is 24.1 Å². The van der Waals surface area contributed by atoms with Crippen molar-refractivity contribution in [2.75, 3.05) is 6.54 Å². The highest BCUT2D eigenvalue weighted by molar-refractivity contribution is 5.80. The number of pyridine rings is 1. The van der Waals surface area contributed by atoms with Crippen molar-refractivity contribution in [2.24, 2.45) is 5.73 Å². The fourth-order valence-electron chi connectivity index (χ4n) is 2.31. The van der Waals surface area contributed by atoms with Gasteiger partial charge in [-0.25, -0.2) is 0 Å². The number of carbonyl (C=O) groups excluding carboxylic acids is 1. The minimum atomic E-state index is -0.0959. The first-order chi connectivity index (χ1) is 7.74. The number of rotatable bonds is 3. The first-order valence-corrected chi connectivity index (χ1v) is 5.69. The highest BCUT2D eigenvalue weighted by Crippen LogP contribution is 2.31. The Balaban J connectivity index is 2.27. The number of nitrogens with zero attached hydrogens (tertiary/aromatic N) is 2. The minimum Gasteiger partial charge on any atom is -0.334 e. The molecule has 0 saturated carbocycles. The molecule has 1 aromatic rings. The second-order valence-electron chi connectivity index (χ2n) is 4.18. The molecule has 2 N–H and O–H groups in total. The highest BCUT2D eigenvalue weighted by atomic mass is 16.2. The molecule has 2 atom stereocenters. The topological polar surface area (TPSA) is 59.2 Å². The zero-order valence-electron chi connectivity index (χ0n) is 9.47. The standard InChI is InChI=1S/C12H17N3O/c1-2-7-15-11(16)8-10(13)12(15)9-3-5-14-6-4-9/h3-6,10,12H,2,7-8,13H2,1H3. The predicted molar refractivity (Wildman–Crippen MR) is 61.6 cm³/mol. The Hall–Kier alpha value is -1.42. The molecule has 0 bridgehead atoms. The summed E-state index contributed by atoms with van der Waals surface area (Å²) in [6.45, 7) is 2.85. The zero-order valence-corrected chi connectivity index (χ0v) is 9.47. The van der Waals surface area contributed by atoms with Crippen LogP contribution >= 0.6 is 0 Å². The first kappa shape index (κ1) is 11.1. The van der Waals surface area contributed by atoms with E-state index in [9.17, 15) is 4.79 Å². The van der Waals surface area contributed by atoms with E-state index < -0.39 is 0 Å². The van der Waals surface area contributed by atoms with Gasteiger partial charge >= 0.3 is 0 Å². The molecule has 16 heavy (non-hydrogen) atoms. The lowest BCUT2D eigenvalue weighted by Gasteiger charge is -2.26. The fraction of sp³-hybridized carbons (Fsp3) is 0.500. The summed E-state index contributed by atoms with van der Waals surface area (Å²) in [7, 11) is 0. The summed E-state index contributed by atoms with van der Waals surface area (Å²) < 4.78 is 0. The van der Waals surface area contributed by atoms with Gasteiger partial charge in [0.15, 0.2) is 0 Å². The third-order valence-corrected chi connectivity index (χ3v) is 2.98. The van der Waals surface area contributed by atoms with E-state index >= 15 is 0 Å². The SMILES string of the molecule is CCCN1C(=O)CC(N)C1c1ccncc1. The van der Waals surface area contributed by atoms with E-state index in [1.807, 2.05) is 17.0 Å². The first-order valence-electron chi connectivity index (χ1n) is 5.69. The van der Waals surface area contributed by atoms with Gasteiger partial charge in [-0.3, -0.25) is 9.78 Å². The molecule has 2 rings (SSSR count). The minimum absolute atomic E-state index is 0.0236. The van der Waals surface area contributed by atoms with Gasteiger partial charge < -0.3 is 10.6 Å². The Kier molecular flexibility index (Phi) is 3.19. The molecule has 1 aromatic heterocycles. The van der Waals surface area contributed by atoms with E-state index in [-0.39, 0.29) is 18.0 Å². The Morgan fingerprint density at radius 3 is 2.81 bits per heavy atom. The van der Waals surface area contributed by atoms with E-state index in [0.717, 1.165) is 18.5 Å². The lowest BCUT2D eigenvalue weighted by molar-refractivity contribution is -0.129. The average Bonchev–Trinajstić information content (AvgIpc) is 2.56. The van der Waals surface area contributed by atoms with E-state index in [4.69, 9.17) is 5.73 Å². The summed E-state index contributed by atoms with van der Waals surface area (Å²) in [5, 5.41) is 0. The Morgan fingerprint density at radius 2 is 2.19 bits per heavy atom. The smallest absolute Gasteiger partial charge is 0.224 e. The van der Waals surface area contributed by atoms with Gasteiger partial charge in [0.2, 0.25) is 5.91 Å². The van der Waals surface area contributed by atoms with Crippen LogP contribution in [0.5, 0.6) is 0 Å². The number of hydrogen-bond acceptors (Lipinski definition) is 3. The molecule has 4 nitrogen and oxygen atoms in total. The van der Waals surface area contributed by atoms with Gasteiger partial charge in [-0.2, -0.15) is 0 Å². The largest absolute Gasteiger partial charge is 0.334 e. The van der Waals surface area contributed by atoms with E-state index in [1.165, 1.54) is 0 Å². The maximum Gasteiger partial charge on any atom is 0.224 e. The van der Waals surface area contributed by atoms with E-state index in [2.05, 4.69) is 11.9 Å². The van der Waals surface area contributed by atoms with Crippen LogP contribution in [0.4, 0.5) is 0 Å². The molecule has 0 aliphatic carbocycles. The van der Waals surface area contributed by atoms with Crippen LogP contribution in [0.3, 0.4) is 0 Å². The molecule has 1 aliphatic heterocycles. The average molecular weight is 219 g/mol. The highest BCUT2D eigenvalue weighted by Gasteiger charge is 2.37. The summed E-state index contributed by atoms with van der Waals surface area (Å²) >= 11 is 0. The molecule has 0 radical (unpaired) electrons. The summed E-state index contributed by atoms with van der Waals surface area (Å²) in [6, 6.07) is 3.80. The number of likely N-dealkylation sites (tertiary alicyclic amines) is 1. The molecule has 0 aromatic carbocycles. The lowest BCUT2D eigenvalue weighted by Crippen LogP contribution is -2.33. The van der Waals surface area contributed by atoms with Gasteiger partial charge in [0, 0.05) is 31.4 Å². The summed E-state index contributed by atoms with van der Waals surface area (Å²) in [6.07, 6.45) is 4.90. The number of hydrogen-bond donors (Lipinski definition) is 1. The molecule has 4 heteroatoms. The van der Waals surface area contributed by atoms with Crippen molar-refractivity contribution in [3.8, 4) is 0 Å². The van der Waals surface area contributed by atoms with Crippen LogP contribution in [0.2, 0.25) is 0 Å². The molecule has 1 aliphatic rings. The maximum absolute atomic E-state index is 11.8. The predicted octanol–water partition coefficient (Wildman–Crippen LogP) is 1.09. The van der Waals surface area contributed by atoms with Crippen LogP contribution in [-0.4, -0.2) is 28.4 Å². The molecule has 2 unspecified atom stereocenters. The van der Waals surface area contributed by atoms with Crippen molar-refractivity contribution in [3.63, 3.8) is 0 Å². The van der Waals surface area contributed by atoms with E-state index in [1.54, 1.807) is 12.4 Å². The molecule has 0 spiro atoms. The lowest BCUT2D eigenvalue weighted by atomic mass is 10.0. The Morgan fingerprint density at radius 1 is 1.50 bits per heavy atom. The summed E-state index contributed by atoms with van der Waals surface area (Å²) in [4.78, 5) is 17.7. The molecule has 1 saturated heterocycles. The third kappa shape index (κ3) is 1.93. The van der Waals surface area contributed by atoms with Crippen molar-refractivity contribution < 1.29 is 4.79 Å². The number of amides is 1. The van der Waals surface area contributed by atoms with Gasteiger partial charge in [0.1, 0.15) is 0 Å². The van der Waals surface area contributed by atoms with Gasteiger partial charge in [-0.15, -0.1) is 0 Å². The van der Waals surface area contributed by atoms with Crippen molar-refractivity contribution in [2.45, 2.75) is 31.8 Å². The van der Waals surface area contributed by atoms with Gasteiger partial charge in [0.05, 0.1) is 6.04 Å². The number of carbonyl (C=O) groups is 1. The third-order valence-electron chi connectivity index (χ3n) is 2.98. The van der Waals surface area contributed by atoms with Crippen molar-refractivity contribution in [3.05, 3.63) is 30.1 Å². The molecule has 86 valence electrons. The quantitative estimate of drug-likeness (QED) is 0.828. The van der Waals surface area contributed by atoms with Gasteiger partial charge in [-0.1, -0.05) is 6.92 Å². The van der Waals surface area contributed by atoms with Crippen LogP contribution in [0.25, 0.3) is 0 Å². The molecular formula is C12H17N3O. The maximum atomic E-state index is 11.8. The fourth-order valence-corrected chi connectivity index (χ4v) is 2.31. The molecular weight excluding hydrogens is 202 g/mol. The van der Waals surface area contributed by atoms with Crippen LogP contribution in [0.15, 0.2) is 24.5 Å². The monoisotopic (exact) mass is 219 g/mol. The van der Waals surface area contributed by atoms with Crippen LogP contribution in [0, 0.1) is 0 Å². The summed E-state index contributed by atoms with van der Waals surface area (Å²) in [5.74, 6) is 0.163. The Labute approximate surface area is 95.5 Å². The summed E-state index contributed by atoms with van der Waals surface area (Å²) in [5.41, 5.74) is 7.12. The van der Waals surface area contributed by atoms with Crippen molar-refractivity contribution in [1.82, 2.24) is 9.88 Å². The van der Waals surface area contributed by atoms with Crippen LogP contribution < -0.4 is 5.73 Å². The number of nitrogens with two attached hydrogens (primary N) is 1. The van der Waals surface area contributed by atoms with Crippen molar-refractivity contribution >= 4 is 5.91 Å². The van der Waals surface area contributed by atoms with Crippen molar-refractivity contribution in [1.29, 1.82) is 0 Å². The van der Waals surface area contributed by atoms with Crippen LogP contribution in [-0.2, 0) is 4.79 Å². The molecule has 1 fully saturated rings. The normalized spacial score (nSPS) is 25.1. The number of aromatic nitrogens is 1. The van der Waals surface area contributed by atoms with E-state index in [0.29, 0.717) is 6.42 Å². The second-order valence-corrected chi connectivity index (χ2v) is 4.18. The van der Waals surface area contributed by atoms with Gasteiger partial charge in [0.25, 0.3) is 0 Å². The molecule has 2 heterocycles. The zero-order chi connectivity index (χ0) is 11.5. The van der Waals surface area contributed by atoms with Crippen LogP contribution in [0.1, 0.15) is 31.4 Å². The second kappa shape index (κ2) is 4.61. The Bertz CT molecular complexity index is 366. The molecule has 1 amide bonds.